The number of hydrogen-bond donors (Lipinski definition) is 2. The predicted octanol–water partition coefficient (Wildman–Crippen LogP) is 1.89. The number of hydrogen-bond acceptors (Lipinski definition) is 2. The van der Waals surface area contributed by atoms with Crippen molar-refractivity contribution in [2.24, 2.45) is 0 Å². The van der Waals surface area contributed by atoms with Crippen LogP contribution in [-0.4, -0.2) is 18.3 Å². The van der Waals surface area contributed by atoms with Crippen LogP contribution in [0.3, 0.4) is 0 Å². The zero-order valence-electron chi connectivity index (χ0n) is 7.88. The Balaban J connectivity index is 2.32. The monoisotopic (exact) mass is 177 g/mol. The molecule has 1 unspecified atom stereocenters. The van der Waals surface area contributed by atoms with E-state index < -0.39 is 0 Å². The quantitative estimate of drug-likeness (QED) is 0.723. The highest BCUT2D eigenvalue weighted by atomic mass is 16.3. The van der Waals surface area contributed by atoms with Crippen LogP contribution in [-0.2, 0) is 0 Å². The third kappa shape index (κ3) is 1.42. The molecule has 1 aromatic rings. The summed E-state index contributed by atoms with van der Waals surface area (Å²) in [5, 5.41) is 12.3. The number of aliphatic hydroxyl groups excluding tert-OH is 1. The highest BCUT2D eigenvalue weighted by Gasteiger charge is 2.21. The van der Waals surface area contributed by atoms with Gasteiger partial charge in [-0.3, -0.25) is 0 Å². The van der Waals surface area contributed by atoms with Crippen molar-refractivity contribution in [2.45, 2.75) is 19.3 Å². The Kier molecular flexibility index (Phi) is 2.23. The molecule has 0 radical (unpaired) electrons. The van der Waals surface area contributed by atoms with E-state index in [1.54, 1.807) is 0 Å². The number of benzene rings is 1. The molecule has 0 spiro atoms. The molecule has 70 valence electrons. The standard InChI is InChI=1S/C11H15NO/c1-8-3-2-4-10-9(5-6-13)7-12-11(8)10/h2-4,9,12-13H,5-7H2,1H3. The largest absolute Gasteiger partial charge is 0.396 e. The van der Waals surface area contributed by atoms with Crippen LogP contribution >= 0.6 is 0 Å². The van der Waals surface area contributed by atoms with Crippen molar-refractivity contribution in [1.29, 1.82) is 0 Å². The molecule has 1 aliphatic rings. The molecule has 1 aliphatic heterocycles. The molecule has 1 heterocycles. The summed E-state index contributed by atoms with van der Waals surface area (Å²) < 4.78 is 0. The molecule has 0 fully saturated rings. The van der Waals surface area contributed by atoms with Crippen LogP contribution in [0.1, 0.15) is 23.5 Å². The topological polar surface area (TPSA) is 32.3 Å². The summed E-state index contributed by atoms with van der Waals surface area (Å²) in [4.78, 5) is 0. The lowest BCUT2D eigenvalue weighted by molar-refractivity contribution is 0.278. The fourth-order valence-corrected chi connectivity index (χ4v) is 2.02. The van der Waals surface area contributed by atoms with Gasteiger partial charge in [0, 0.05) is 24.8 Å². The zero-order chi connectivity index (χ0) is 9.26. The van der Waals surface area contributed by atoms with Gasteiger partial charge in [-0.15, -0.1) is 0 Å². The summed E-state index contributed by atoms with van der Waals surface area (Å²) in [6.45, 7) is 3.37. The van der Waals surface area contributed by atoms with Gasteiger partial charge in [-0.05, 0) is 24.5 Å². The Morgan fingerprint density at radius 2 is 2.38 bits per heavy atom. The average molecular weight is 177 g/mol. The molecule has 0 aromatic heterocycles. The molecule has 13 heavy (non-hydrogen) atoms. The molecule has 2 N–H and O–H groups in total. The van der Waals surface area contributed by atoms with Crippen LogP contribution in [0, 0.1) is 6.92 Å². The molecular weight excluding hydrogens is 162 g/mol. The molecular formula is C11H15NO. The highest BCUT2D eigenvalue weighted by molar-refractivity contribution is 5.62. The van der Waals surface area contributed by atoms with Crippen molar-refractivity contribution in [2.75, 3.05) is 18.5 Å². The molecule has 0 saturated carbocycles. The van der Waals surface area contributed by atoms with Crippen molar-refractivity contribution in [3.63, 3.8) is 0 Å². The minimum absolute atomic E-state index is 0.278. The number of nitrogens with one attached hydrogen (secondary N) is 1. The Morgan fingerprint density at radius 3 is 3.15 bits per heavy atom. The zero-order valence-corrected chi connectivity index (χ0v) is 7.88. The van der Waals surface area contributed by atoms with E-state index in [9.17, 15) is 0 Å². The Morgan fingerprint density at radius 1 is 1.54 bits per heavy atom. The summed E-state index contributed by atoms with van der Waals surface area (Å²) in [6, 6.07) is 6.36. The normalized spacial score (nSPS) is 19.7. The van der Waals surface area contributed by atoms with E-state index in [0.29, 0.717) is 5.92 Å². The molecule has 2 heteroatoms. The predicted molar refractivity (Wildman–Crippen MR) is 54.1 cm³/mol. The number of fused-ring (bicyclic) bond motifs is 1. The third-order valence-corrected chi connectivity index (χ3v) is 2.75. The lowest BCUT2D eigenvalue weighted by Gasteiger charge is -2.07. The van der Waals surface area contributed by atoms with E-state index in [1.165, 1.54) is 16.8 Å². The molecule has 0 amide bonds. The molecule has 0 aliphatic carbocycles. The van der Waals surface area contributed by atoms with Gasteiger partial charge in [-0.25, -0.2) is 0 Å². The van der Waals surface area contributed by atoms with E-state index in [1.807, 2.05) is 0 Å². The summed E-state index contributed by atoms with van der Waals surface area (Å²) >= 11 is 0. The summed E-state index contributed by atoms with van der Waals surface area (Å²) in [6.07, 6.45) is 0.865. The second-order valence-corrected chi connectivity index (χ2v) is 3.63. The summed E-state index contributed by atoms with van der Waals surface area (Å²) in [7, 11) is 0. The van der Waals surface area contributed by atoms with Gasteiger partial charge in [0.2, 0.25) is 0 Å². The molecule has 1 atom stereocenters. The Labute approximate surface area is 78.6 Å². The van der Waals surface area contributed by atoms with Crippen LogP contribution in [0.5, 0.6) is 0 Å². The lowest BCUT2D eigenvalue weighted by Crippen LogP contribution is -2.03. The number of rotatable bonds is 2. The molecule has 1 aromatic carbocycles. The number of aliphatic hydroxyl groups is 1. The molecule has 2 nitrogen and oxygen atoms in total. The maximum absolute atomic E-state index is 8.89. The average Bonchev–Trinajstić information content (AvgIpc) is 2.51. The van der Waals surface area contributed by atoms with Crippen molar-refractivity contribution in [3.8, 4) is 0 Å². The van der Waals surface area contributed by atoms with E-state index in [2.05, 4.69) is 30.4 Å². The maximum atomic E-state index is 8.89. The van der Waals surface area contributed by atoms with Crippen molar-refractivity contribution < 1.29 is 5.11 Å². The molecule has 0 bridgehead atoms. The molecule has 2 rings (SSSR count). The van der Waals surface area contributed by atoms with Crippen molar-refractivity contribution >= 4 is 5.69 Å². The number of aryl methyl sites for hydroxylation is 1. The van der Waals surface area contributed by atoms with Gasteiger partial charge in [0.05, 0.1) is 0 Å². The maximum Gasteiger partial charge on any atom is 0.0437 e. The van der Waals surface area contributed by atoms with Crippen molar-refractivity contribution in [3.05, 3.63) is 29.3 Å². The fraction of sp³-hybridized carbons (Fsp3) is 0.455. The lowest BCUT2D eigenvalue weighted by atomic mass is 9.97. The first kappa shape index (κ1) is 8.57. The fourth-order valence-electron chi connectivity index (χ4n) is 2.02. The second kappa shape index (κ2) is 3.38. The van der Waals surface area contributed by atoms with Gasteiger partial charge in [0.15, 0.2) is 0 Å². The molecule has 0 saturated heterocycles. The van der Waals surface area contributed by atoms with E-state index >= 15 is 0 Å². The first-order chi connectivity index (χ1) is 6.33. The summed E-state index contributed by atoms with van der Waals surface area (Å²) in [5.41, 5.74) is 3.95. The van der Waals surface area contributed by atoms with Crippen LogP contribution in [0.2, 0.25) is 0 Å². The van der Waals surface area contributed by atoms with E-state index in [-0.39, 0.29) is 6.61 Å². The van der Waals surface area contributed by atoms with Gasteiger partial charge < -0.3 is 10.4 Å². The van der Waals surface area contributed by atoms with Gasteiger partial charge in [0.1, 0.15) is 0 Å². The number of para-hydroxylation sites is 1. The van der Waals surface area contributed by atoms with E-state index in [4.69, 9.17) is 5.11 Å². The first-order valence-corrected chi connectivity index (χ1v) is 4.77. The Hall–Kier alpha value is -1.02. The second-order valence-electron chi connectivity index (χ2n) is 3.63. The van der Waals surface area contributed by atoms with Crippen molar-refractivity contribution in [1.82, 2.24) is 0 Å². The number of anilines is 1. The SMILES string of the molecule is Cc1cccc2c1NCC2CCO. The van der Waals surface area contributed by atoms with Crippen LogP contribution in [0.4, 0.5) is 5.69 Å². The van der Waals surface area contributed by atoms with Gasteiger partial charge in [0.25, 0.3) is 0 Å². The highest BCUT2D eigenvalue weighted by Crippen LogP contribution is 2.35. The minimum atomic E-state index is 0.278. The minimum Gasteiger partial charge on any atom is -0.396 e. The van der Waals surface area contributed by atoms with E-state index in [0.717, 1.165) is 13.0 Å². The summed E-state index contributed by atoms with van der Waals surface area (Å²) in [5.74, 6) is 0.500. The van der Waals surface area contributed by atoms with Gasteiger partial charge in [-0.1, -0.05) is 18.2 Å². The van der Waals surface area contributed by atoms with Crippen LogP contribution in [0.25, 0.3) is 0 Å². The van der Waals surface area contributed by atoms with Gasteiger partial charge in [-0.2, -0.15) is 0 Å². The third-order valence-electron chi connectivity index (χ3n) is 2.75. The van der Waals surface area contributed by atoms with Crippen LogP contribution in [0.15, 0.2) is 18.2 Å². The van der Waals surface area contributed by atoms with Gasteiger partial charge >= 0.3 is 0 Å². The van der Waals surface area contributed by atoms with Crippen LogP contribution < -0.4 is 5.32 Å². The smallest absolute Gasteiger partial charge is 0.0437 e. The first-order valence-electron chi connectivity index (χ1n) is 4.77. The Bertz CT molecular complexity index is 309.